The Bertz CT molecular complexity index is 1010. The van der Waals surface area contributed by atoms with Crippen molar-refractivity contribution in [1.29, 1.82) is 0 Å². The molecule has 0 bridgehead atoms. The van der Waals surface area contributed by atoms with Gasteiger partial charge in [-0.05, 0) is 42.3 Å². The summed E-state index contributed by atoms with van der Waals surface area (Å²) in [5.74, 6) is -4.17. The Morgan fingerprint density at radius 1 is 1.22 bits per heavy atom. The molecule has 0 fully saturated rings. The monoisotopic (exact) mass is 372 g/mol. The summed E-state index contributed by atoms with van der Waals surface area (Å²) in [6.07, 6.45) is 5.91. The van der Waals surface area contributed by atoms with Crippen LogP contribution in [-0.4, -0.2) is 20.4 Å². The first kappa shape index (κ1) is 18.4. The number of carbonyl (C=O) groups is 1. The van der Waals surface area contributed by atoms with Gasteiger partial charge in [-0.2, -0.15) is 0 Å². The van der Waals surface area contributed by atoms with Crippen LogP contribution in [0.15, 0.2) is 43.5 Å². The first-order valence-electron chi connectivity index (χ1n) is 7.93. The van der Waals surface area contributed by atoms with Crippen molar-refractivity contribution >= 4 is 17.8 Å². The van der Waals surface area contributed by atoms with Crippen molar-refractivity contribution in [1.82, 2.24) is 14.5 Å². The maximum absolute atomic E-state index is 13.3. The first-order chi connectivity index (χ1) is 12.9. The molecule has 0 atom stereocenters. The zero-order chi connectivity index (χ0) is 19.6. The fourth-order valence-electron chi connectivity index (χ4n) is 2.53. The fourth-order valence-corrected chi connectivity index (χ4v) is 2.53. The summed E-state index contributed by atoms with van der Waals surface area (Å²) in [5, 5.41) is 2.62. The van der Waals surface area contributed by atoms with Crippen molar-refractivity contribution in [3.63, 3.8) is 0 Å². The Hall–Kier alpha value is -3.42. The molecular formula is C19H15F3N4O. The summed E-state index contributed by atoms with van der Waals surface area (Å²) in [5.41, 5.74) is 2.08. The molecule has 0 aliphatic carbocycles. The molecule has 1 aromatic carbocycles. The van der Waals surface area contributed by atoms with Crippen molar-refractivity contribution in [2.24, 2.45) is 0 Å². The van der Waals surface area contributed by atoms with Gasteiger partial charge in [0.2, 0.25) is 0 Å². The van der Waals surface area contributed by atoms with Crippen LogP contribution >= 0.6 is 0 Å². The first-order valence-corrected chi connectivity index (χ1v) is 7.93. The zero-order valence-electron chi connectivity index (χ0n) is 14.3. The average molecular weight is 372 g/mol. The van der Waals surface area contributed by atoms with Gasteiger partial charge in [0.15, 0.2) is 23.3 Å². The van der Waals surface area contributed by atoms with E-state index in [1.54, 1.807) is 12.1 Å². The molecule has 0 saturated heterocycles. The average Bonchev–Trinajstić information content (AvgIpc) is 3.06. The second kappa shape index (κ2) is 7.45. The summed E-state index contributed by atoms with van der Waals surface area (Å²) in [7, 11) is 0. The SMILES string of the molecule is C=Cc1ncc(C(=O)Nc2cn(Cc3cc(F)c(F)c(F)c3)cn2)cc1C. The van der Waals surface area contributed by atoms with Gasteiger partial charge in [0.05, 0.1) is 17.6 Å². The Morgan fingerprint density at radius 2 is 1.93 bits per heavy atom. The van der Waals surface area contributed by atoms with Crippen molar-refractivity contribution in [2.75, 3.05) is 5.32 Å². The predicted octanol–water partition coefficient (Wildman–Crippen LogP) is 3.95. The molecule has 5 nitrogen and oxygen atoms in total. The number of aryl methyl sites for hydroxylation is 1. The van der Waals surface area contributed by atoms with E-state index in [0.717, 1.165) is 17.7 Å². The van der Waals surface area contributed by atoms with Crippen molar-refractivity contribution in [2.45, 2.75) is 13.5 Å². The van der Waals surface area contributed by atoms with E-state index in [4.69, 9.17) is 0 Å². The number of rotatable bonds is 5. The Kier molecular flexibility index (Phi) is 5.07. The third-order valence-electron chi connectivity index (χ3n) is 3.86. The second-order valence-corrected chi connectivity index (χ2v) is 5.89. The fraction of sp³-hybridized carbons (Fsp3) is 0.105. The number of nitrogens with one attached hydrogen (secondary N) is 1. The van der Waals surface area contributed by atoms with E-state index in [9.17, 15) is 18.0 Å². The van der Waals surface area contributed by atoms with Gasteiger partial charge in [-0.3, -0.25) is 9.78 Å². The lowest BCUT2D eigenvalue weighted by Gasteiger charge is -2.05. The van der Waals surface area contributed by atoms with Gasteiger partial charge in [0.25, 0.3) is 5.91 Å². The van der Waals surface area contributed by atoms with Crippen LogP contribution in [0.3, 0.4) is 0 Å². The highest BCUT2D eigenvalue weighted by Crippen LogP contribution is 2.16. The molecule has 1 amide bonds. The third-order valence-corrected chi connectivity index (χ3v) is 3.86. The molecule has 0 radical (unpaired) electrons. The largest absolute Gasteiger partial charge is 0.331 e. The number of hydrogen-bond acceptors (Lipinski definition) is 3. The molecule has 3 rings (SSSR count). The lowest BCUT2D eigenvalue weighted by molar-refractivity contribution is 0.102. The molecule has 0 spiro atoms. The van der Waals surface area contributed by atoms with Gasteiger partial charge in [0.1, 0.15) is 0 Å². The molecule has 2 heterocycles. The van der Waals surface area contributed by atoms with Crippen LogP contribution in [0, 0.1) is 24.4 Å². The van der Waals surface area contributed by atoms with Gasteiger partial charge in [-0.15, -0.1) is 0 Å². The Balaban J connectivity index is 1.71. The molecule has 0 aliphatic heterocycles. The summed E-state index contributed by atoms with van der Waals surface area (Å²) < 4.78 is 41.1. The highest BCUT2D eigenvalue weighted by atomic mass is 19.2. The quantitative estimate of drug-likeness (QED) is 0.690. The smallest absolute Gasteiger partial charge is 0.258 e. The second-order valence-electron chi connectivity index (χ2n) is 5.89. The Labute approximate surface area is 153 Å². The summed E-state index contributed by atoms with van der Waals surface area (Å²) >= 11 is 0. The van der Waals surface area contributed by atoms with Crippen molar-refractivity contribution in [3.05, 3.63) is 83.3 Å². The van der Waals surface area contributed by atoms with Gasteiger partial charge in [0, 0.05) is 18.9 Å². The number of imidazole rings is 1. The van der Waals surface area contributed by atoms with Crippen LogP contribution in [0.5, 0.6) is 0 Å². The molecule has 8 heteroatoms. The lowest BCUT2D eigenvalue weighted by atomic mass is 10.1. The van der Waals surface area contributed by atoms with Crippen molar-refractivity contribution in [3.8, 4) is 0 Å². The molecule has 0 unspecified atom stereocenters. The van der Waals surface area contributed by atoms with Crippen LogP contribution in [0.25, 0.3) is 6.08 Å². The van der Waals surface area contributed by atoms with E-state index in [0.29, 0.717) is 11.3 Å². The number of benzene rings is 1. The van der Waals surface area contributed by atoms with Crippen LogP contribution in [0.4, 0.5) is 19.0 Å². The van der Waals surface area contributed by atoms with Crippen LogP contribution < -0.4 is 5.32 Å². The third kappa shape index (κ3) is 4.05. The maximum atomic E-state index is 13.3. The number of amides is 1. The highest BCUT2D eigenvalue weighted by Gasteiger charge is 2.12. The number of halogens is 3. The number of nitrogens with zero attached hydrogens (tertiary/aromatic N) is 3. The minimum absolute atomic E-state index is 0.0612. The number of pyridine rings is 1. The standard InChI is InChI=1S/C19H15F3N4O/c1-3-16-11(2)4-13(7-23-16)19(27)25-17-9-26(10-24-17)8-12-5-14(20)18(22)15(21)6-12/h3-7,9-10H,1,8H2,2H3,(H,25,27). The predicted molar refractivity (Wildman–Crippen MR) is 94.7 cm³/mol. The normalized spacial score (nSPS) is 10.7. The number of aromatic nitrogens is 3. The molecule has 2 aromatic heterocycles. The zero-order valence-corrected chi connectivity index (χ0v) is 14.3. The van der Waals surface area contributed by atoms with Crippen molar-refractivity contribution < 1.29 is 18.0 Å². The van der Waals surface area contributed by atoms with E-state index >= 15 is 0 Å². The molecule has 0 aliphatic rings. The van der Waals surface area contributed by atoms with Crippen LogP contribution in [0.2, 0.25) is 0 Å². The topological polar surface area (TPSA) is 59.8 Å². The number of hydrogen-bond donors (Lipinski definition) is 1. The molecule has 138 valence electrons. The van der Waals surface area contributed by atoms with Gasteiger partial charge in [-0.1, -0.05) is 6.58 Å². The van der Waals surface area contributed by atoms with Crippen LogP contribution in [-0.2, 0) is 6.54 Å². The Morgan fingerprint density at radius 3 is 2.56 bits per heavy atom. The van der Waals surface area contributed by atoms with E-state index < -0.39 is 23.4 Å². The molecule has 1 N–H and O–H groups in total. The molecular weight excluding hydrogens is 357 g/mol. The summed E-state index contributed by atoms with van der Waals surface area (Å²) in [6, 6.07) is 3.50. The van der Waals surface area contributed by atoms with E-state index in [1.807, 2.05) is 6.92 Å². The van der Waals surface area contributed by atoms with Gasteiger partial charge < -0.3 is 9.88 Å². The van der Waals surface area contributed by atoms with E-state index in [2.05, 4.69) is 21.9 Å². The van der Waals surface area contributed by atoms with E-state index in [-0.39, 0.29) is 17.9 Å². The maximum Gasteiger partial charge on any atom is 0.258 e. The minimum atomic E-state index is -1.51. The lowest BCUT2D eigenvalue weighted by Crippen LogP contribution is -2.13. The van der Waals surface area contributed by atoms with Gasteiger partial charge in [-0.25, -0.2) is 18.2 Å². The highest BCUT2D eigenvalue weighted by molar-refractivity contribution is 6.03. The summed E-state index contributed by atoms with van der Waals surface area (Å²) in [6.45, 7) is 5.52. The van der Waals surface area contributed by atoms with Crippen LogP contribution in [0.1, 0.15) is 27.2 Å². The number of carbonyl (C=O) groups excluding carboxylic acids is 1. The molecule has 27 heavy (non-hydrogen) atoms. The molecule has 3 aromatic rings. The van der Waals surface area contributed by atoms with E-state index in [1.165, 1.54) is 23.3 Å². The number of anilines is 1. The summed E-state index contributed by atoms with van der Waals surface area (Å²) in [4.78, 5) is 20.5. The molecule has 0 saturated carbocycles. The minimum Gasteiger partial charge on any atom is -0.331 e. The van der Waals surface area contributed by atoms with Gasteiger partial charge >= 0.3 is 0 Å².